The number of amides is 2. The van der Waals surface area contributed by atoms with Crippen LogP contribution in [0.2, 0.25) is 0 Å². The van der Waals surface area contributed by atoms with Gasteiger partial charge in [-0.3, -0.25) is 10.7 Å². The average molecular weight is 236 g/mol. The van der Waals surface area contributed by atoms with Gasteiger partial charge in [-0.25, -0.2) is 4.79 Å². The number of hydrogen-bond acceptors (Lipinski definition) is 3. The van der Waals surface area contributed by atoms with Crippen molar-refractivity contribution in [1.29, 1.82) is 5.41 Å². The molecule has 6 heteroatoms. The van der Waals surface area contributed by atoms with Crippen LogP contribution in [0.15, 0.2) is 18.2 Å². The molecule has 0 aliphatic heterocycles. The third kappa shape index (κ3) is 3.67. The van der Waals surface area contributed by atoms with Gasteiger partial charge in [-0.1, -0.05) is 6.92 Å². The second-order valence-electron chi connectivity index (χ2n) is 3.37. The number of nitrogens with one attached hydrogen (secondary N) is 3. The van der Waals surface area contributed by atoms with E-state index in [1.54, 1.807) is 19.2 Å². The van der Waals surface area contributed by atoms with Crippen LogP contribution in [0.3, 0.4) is 0 Å². The second-order valence-corrected chi connectivity index (χ2v) is 3.37. The summed E-state index contributed by atoms with van der Waals surface area (Å²) in [7, 11) is 1.59. The maximum absolute atomic E-state index is 11.4. The first-order valence-electron chi connectivity index (χ1n) is 5.15. The minimum atomic E-state index is -0.530. The lowest BCUT2D eigenvalue weighted by Gasteiger charge is -2.11. The Hall–Kier alpha value is -2.24. The van der Waals surface area contributed by atoms with Crippen LogP contribution in [-0.4, -0.2) is 19.1 Å². The molecule has 0 saturated carbocycles. The molecule has 0 atom stereocenters. The minimum absolute atomic E-state index is 0.394. The zero-order chi connectivity index (χ0) is 12.8. The molecule has 1 aromatic rings. The molecule has 0 spiro atoms. The SMILES string of the molecule is CCc1cc(OC)ccc1NC(=O)NC(=N)N. The molecule has 92 valence electrons. The van der Waals surface area contributed by atoms with E-state index in [9.17, 15) is 4.79 Å². The molecule has 0 heterocycles. The van der Waals surface area contributed by atoms with Crippen LogP contribution in [0.1, 0.15) is 12.5 Å². The summed E-state index contributed by atoms with van der Waals surface area (Å²) in [4.78, 5) is 11.4. The molecule has 0 radical (unpaired) electrons. The molecule has 0 bridgehead atoms. The summed E-state index contributed by atoms with van der Waals surface area (Å²) in [6.07, 6.45) is 0.757. The number of methoxy groups -OCH3 is 1. The third-order valence-corrected chi connectivity index (χ3v) is 2.19. The second kappa shape index (κ2) is 5.74. The highest BCUT2D eigenvalue weighted by molar-refractivity contribution is 6.01. The van der Waals surface area contributed by atoms with Gasteiger partial charge in [0.1, 0.15) is 5.75 Å². The maximum Gasteiger partial charge on any atom is 0.325 e. The Morgan fingerprint density at radius 3 is 2.76 bits per heavy atom. The normalized spacial score (nSPS) is 9.53. The van der Waals surface area contributed by atoms with Crippen LogP contribution in [-0.2, 0) is 6.42 Å². The quantitative estimate of drug-likeness (QED) is 0.469. The van der Waals surface area contributed by atoms with Crippen LogP contribution in [0.25, 0.3) is 0 Å². The van der Waals surface area contributed by atoms with Gasteiger partial charge < -0.3 is 15.8 Å². The molecule has 17 heavy (non-hydrogen) atoms. The van der Waals surface area contributed by atoms with Crippen LogP contribution < -0.4 is 21.1 Å². The summed E-state index contributed by atoms with van der Waals surface area (Å²) in [6, 6.07) is 4.82. The zero-order valence-electron chi connectivity index (χ0n) is 9.83. The zero-order valence-corrected chi connectivity index (χ0v) is 9.83. The molecule has 2 amide bonds. The first kappa shape index (κ1) is 12.8. The highest BCUT2D eigenvalue weighted by atomic mass is 16.5. The van der Waals surface area contributed by atoms with Crippen LogP contribution in [0.4, 0.5) is 10.5 Å². The van der Waals surface area contributed by atoms with Crippen molar-refractivity contribution >= 4 is 17.7 Å². The molecule has 0 saturated heterocycles. The van der Waals surface area contributed by atoms with E-state index < -0.39 is 12.0 Å². The molecule has 0 fully saturated rings. The highest BCUT2D eigenvalue weighted by Crippen LogP contribution is 2.22. The van der Waals surface area contributed by atoms with Gasteiger partial charge in [0.05, 0.1) is 7.11 Å². The number of carbonyl (C=O) groups excluding carboxylic acids is 1. The Morgan fingerprint density at radius 2 is 2.24 bits per heavy atom. The van der Waals surface area contributed by atoms with Gasteiger partial charge >= 0.3 is 6.03 Å². The number of aryl methyl sites for hydroxylation is 1. The molecule has 6 nitrogen and oxygen atoms in total. The fraction of sp³-hybridized carbons (Fsp3) is 0.273. The van der Waals surface area contributed by atoms with E-state index >= 15 is 0 Å². The van der Waals surface area contributed by atoms with E-state index in [4.69, 9.17) is 15.9 Å². The molecule has 5 N–H and O–H groups in total. The predicted octanol–water partition coefficient (Wildman–Crippen LogP) is 1.27. The lowest BCUT2D eigenvalue weighted by atomic mass is 10.1. The van der Waals surface area contributed by atoms with Crippen LogP contribution in [0, 0.1) is 5.41 Å². The smallest absolute Gasteiger partial charge is 0.325 e. The lowest BCUT2D eigenvalue weighted by Crippen LogP contribution is -2.38. The van der Waals surface area contributed by atoms with Crippen LogP contribution in [0.5, 0.6) is 5.75 Å². The molecule has 0 unspecified atom stereocenters. The monoisotopic (exact) mass is 236 g/mol. The Labute approximate surface area is 99.7 Å². The lowest BCUT2D eigenvalue weighted by molar-refractivity contribution is 0.256. The van der Waals surface area contributed by atoms with Gasteiger partial charge in [0.2, 0.25) is 0 Å². The summed E-state index contributed by atoms with van der Waals surface area (Å²) >= 11 is 0. The fourth-order valence-electron chi connectivity index (χ4n) is 1.39. The fourth-order valence-corrected chi connectivity index (χ4v) is 1.39. The first-order chi connectivity index (χ1) is 8.06. The molecule has 0 aliphatic carbocycles. The van der Waals surface area contributed by atoms with Gasteiger partial charge in [-0.2, -0.15) is 0 Å². The number of carbonyl (C=O) groups is 1. The molecular formula is C11H16N4O2. The largest absolute Gasteiger partial charge is 0.497 e. The van der Waals surface area contributed by atoms with E-state index in [1.807, 2.05) is 13.0 Å². The molecule has 0 aromatic heterocycles. The van der Waals surface area contributed by atoms with Gasteiger partial charge in [-0.15, -0.1) is 0 Å². The Morgan fingerprint density at radius 1 is 1.53 bits per heavy atom. The first-order valence-corrected chi connectivity index (χ1v) is 5.15. The number of ether oxygens (including phenoxy) is 1. The number of guanidine groups is 1. The van der Waals surface area contributed by atoms with Crippen molar-refractivity contribution in [2.45, 2.75) is 13.3 Å². The number of urea groups is 1. The highest BCUT2D eigenvalue weighted by Gasteiger charge is 2.07. The number of anilines is 1. The summed E-state index contributed by atoms with van der Waals surface area (Å²) in [6.45, 7) is 1.98. The van der Waals surface area contributed by atoms with Gasteiger partial charge in [0.25, 0.3) is 0 Å². The molecule has 1 aromatic carbocycles. The standard InChI is InChI=1S/C11H16N4O2/c1-3-7-6-8(17-2)4-5-9(7)14-11(16)15-10(12)13/h4-6H,3H2,1-2H3,(H5,12,13,14,15,16). The average Bonchev–Trinajstić information content (AvgIpc) is 2.28. The van der Waals surface area contributed by atoms with Crippen molar-refractivity contribution in [2.24, 2.45) is 5.73 Å². The van der Waals surface area contributed by atoms with Crippen molar-refractivity contribution in [2.75, 3.05) is 12.4 Å². The van der Waals surface area contributed by atoms with Crippen molar-refractivity contribution in [3.8, 4) is 5.75 Å². The van der Waals surface area contributed by atoms with Crippen molar-refractivity contribution in [3.05, 3.63) is 23.8 Å². The van der Waals surface area contributed by atoms with Crippen molar-refractivity contribution in [3.63, 3.8) is 0 Å². The Balaban J connectivity index is 2.83. The summed E-state index contributed by atoms with van der Waals surface area (Å²) in [5.41, 5.74) is 6.68. The van der Waals surface area contributed by atoms with Gasteiger partial charge in [0.15, 0.2) is 5.96 Å². The summed E-state index contributed by atoms with van der Waals surface area (Å²) < 4.78 is 5.10. The summed E-state index contributed by atoms with van der Waals surface area (Å²) in [5.74, 6) is 0.341. The predicted molar refractivity (Wildman–Crippen MR) is 66.4 cm³/mol. The number of benzene rings is 1. The molecular weight excluding hydrogens is 220 g/mol. The topological polar surface area (TPSA) is 100 Å². The minimum Gasteiger partial charge on any atom is -0.497 e. The summed E-state index contributed by atoms with van der Waals surface area (Å²) in [5, 5.41) is 11.7. The van der Waals surface area contributed by atoms with E-state index in [1.165, 1.54) is 0 Å². The molecule has 0 aliphatic rings. The van der Waals surface area contributed by atoms with E-state index in [-0.39, 0.29) is 0 Å². The van der Waals surface area contributed by atoms with Crippen LogP contribution >= 0.6 is 0 Å². The number of rotatable bonds is 3. The van der Waals surface area contributed by atoms with Crippen molar-refractivity contribution < 1.29 is 9.53 Å². The third-order valence-electron chi connectivity index (χ3n) is 2.19. The number of nitrogens with two attached hydrogens (primary N) is 1. The Bertz CT molecular complexity index is 431. The van der Waals surface area contributed by atoms with Crippen molar-refractivity contribution in [1.82, 2.24) is 5.32 Å². The number of hydrogen-bond donors (Lipinski definition) is 4. The van der Waals surface area contributed by atoms with Gasteiger partial charge in [-0.05, 0) is 30.2 Å². The maximum atomic E-state index is 11.4. The van der Waals surface area contributed by atoms with E-state index in [0.717, 1.165) is 17.7 Å². The Kier molecular flexibility index (Phi) is 4.33. The van der Waals surface area contributed by atoms with E-state index in [0.29, 0.717) is 5.69 Å². The molecule has 1 rings (SSSR count). The van der Waals surface area contributed by atoms with Gasteiger partial charge in [0, 0.05) is 5.69 Å². The van der Waals surface area contributed by atoms with E-state index in [2.05, 4.69) is 10.6 Å².